The van der Waals surface area contributed by atoms with Gasteiger partial charge in [-0.25, -0.2) is 0 Å². The Hall–Kier alpha value is -4.21. The SMILES string of the molecule is CC(C)[C@@H](Nc1c(Nc2cccc(C(=O)N(C)C)c2O)c(=O)c1=O)C(=O)NCc1ccncc1. The summed E-state index contributed by atoms with van der Waals surface area (Å²) in [5.41, 5.74) is -0.690. The number of pyridine rings is 1. The van der Waals surface area contributed by atoms with Crippen molar-refractivity contribution in [3.63, 3.8) is 0 Å². The molecule has 1 heterocycles. The number of carbonyl (C=O) groups is 2. The van der Waals surface area contributed by atoms with Crippen LogP contribution in [0.1, 0.15) is 29.8 Å². The first kappa shape index (κ1) is 24.4. The summed E-state index contributed by atoms with van der Waals surface area (Å²) in [7, 11) is 3.10. The lowest BCUT2D eigenvalue weighted by Crippen LogP contribution is -2.47. The quantitative estimate of drug-likeness (QED) is 0.276. The van der Waals surface area contributed by atoms with Gasteiger partial charge in [-0.15, -0.1) is 0 Å². The van der Waals surface area contributed by atoms with E-state index < -0.39 is 22.8 Å². The second-order valence-corrected chi connectivity index (χ2v) is 8.37. The van der Waals surface area contributed by atoms with Crippen LogP contribution in [0.25, 0.3) is 0 Å². The highest BCUT2D eigenvalue weighted by Gasteiger charge is 2.29. The van der Waals surface area contributed by atoms with E-state index in [2.05, 4.69) is 20.9 Å². The van der Waals surface area contributed by atoms with E-state index in [1.807, 2.05) is 13.8 Å². The minimum absolute atomic E-state index is 0.0405. The van der Waals surface area contributed by atoms with E-state index in [1.54, 1.807) is 44.7 Å². The van der Waals surface area contributed by atoms with Crippen molar-refractivity contribution in [1.29, 1.82) is 0 Å². The van der Waals surface area contributed by atoms with Crippen LogP contribution in [0.3, 0.4) is 0 Å². The van der Waals surface area contributed by atoms with E-state index in [0.717, 1.165) is 5.56 Å². The average Bonchev–Trinajstić information content (AvgIpc) is 2.82. The molecule has 0 saturated carbocycles. The number of nitrogens with one attached hydrogen (secondary N) is 3. The lowest BCUT2D eigenvalue weighted by molar-refractivity contribution is -0.122. The molecule has 1 aromatic heterocycles. The number of benzene rings is 1. The van der Waals surface area contributed by atoms with Crippen molar-refractivity contribution in [3.8, 4) is 5.75 Å². The number of nitrogens with zero attached hydrogens (tertiary/aromatic N) is 2. The summed E-state index contributed by atoms with van der Waals surface area (Å²) < 4.78 is 0. The largest absolute Gasteiger partial charge is 0.505 e. The zero-order valence-electron chi connectivity index (χ0n) is 19.4. The normalized spacial score (nSPS) is 11.8. The average molecular weight is 466 g/mol. The molecular formula is C24H27N5O5. The second-order valence-electron chi connectivity index (χ2n) is 8.37. The molecule has 178 valence electrons. The fraction of sp³-hybridized carbons (Fsp3) is 0.292. The van der Waals surface area contributed by atoms with E-state index in [1.165, 1.54) is 17.0 Å². The van der Waals surface area contributed by atoms with Gasteiger partial charge in [0.1, 0.15) is 17.4 Å². The minimum Gasteiger partial charge on any atom is -0.505 e. The van der Waals surface area contributed by atoms with Gasteiger partial charge in [0.15, 0.2) is 5.75 Å². The Morgan fingerprint density at radius 1 is 1.03 bits per heavy atom. The molecule has 0 aliphatic heterocycles. The summed E-state index contributed by atoms with van der Waals surface area (Å²) in [6.45, 7) is 3.90. The van der Waals surface area contributed by atoms with Crippen LogP contribution in [-0.4, -0.2) is 46.9 Å². The van der Waals surface area contributed by atoms with Gasteiger partial charge >= 0.3 is 0 Å². The number of phenols is 1. The van der Waals surface area contributed by atoms with Crippen LogP contribution in [0, 0.1) is 5.92 Å². The first-order chi connectivity index (χ1) is 16.1. The van der Waals surface area contributed by atoms with Crippen molar-refractivity contribution >= 4 is 28.9 Å². The summed E-state index contributed by atoms with van der Waals surface area (Å²) in [6, 6.07) is 7.23. The van der Waals surface area contributed by atoms with E-state index in [4.69, 9.17) is 0 Å². The number of anilines is 3. The number of amides is 2. The maximum absolute atomic E-state index is 12.8. The molecular weight excluding hydrogens is 438 g/mol. The van der Waals surface area contributed by atoms with Gasteiger partial charge in [0.2, 0.25) is 5.91 Å². The van der Waals surface area contributed by atoms with Gasteiger partial charge in [0.05, 0.1) is 11.3 Å². The number of phenolic OH excluding ortho intramolecular Hbond substituents is 1. The van der Waals surface area contributed by atoms with Crippen LogP contribution < -0.4 is 26.8 Å². The van der Waals surface area contributed by atoms with Crippen LogP contribution in [0.2, 0.25) is 0 Å². The monoisotopic (exact) mass is 465 g/mol. The smallest absolute Gasteiger partial charge is 0.257 e. The molecule has 1 atom stereocenters. The number of hydrogen-bond acceptors (Lipinski definition) is 8. The third-order valence-electron chi connectivity index (χ3n) is 5.31. The third-order valence-corrected chi connectivity index (χ3v) is 5.31. The van der Waals surface area contributed by atoms with E-state index in [0.29, 0.717) is 0 Å². The third kappa shape index (κ3) is 5.06. The predicted molar refractivity (Wildman–Crippen MR) is 129 cm³/mol. The van der Waals surface area contributed by atoms with Crippen LogP contribution in [-0.2, 0) is 11.3 Å². The Bertz CT molecular complexity index is 1260. The summed E-state index contributed by atoms with van der Waals surface area (Å²) in [5.74, 6) is -1.32. The second kappa shape index (κ2) is 10.2. The Balaban J connectivity index is 1.81. The van der Waals surface area contributed by atoms with Gasteiger partial charge in [0, 0.05) is 33.0 Å². The maximum atomic E-state index is 12.8. The van der Waals surface area contributed by atoms with Gasteiger partial charge in [-0.3, -0.25) is 24.2 Å². The highest BCUT2D eigenvalue weighted by Crippen LogP contribution is 2.32. The summed E-state index contributed by atoms with van der Waals surface area (Å²) in [4.78, 5) is 54.9. The van der Waals surface area contributed by atoms with Crippen molar-refractivity contribution in [1.82, 2.24) is 15.2 Å². The lowest BCUT2D eigenvalue weighted by Gasteiger charge is -2.25. The summed E-state index contributed by atoms with van der Waals surface area (Å²) in [5, 5.41) is 19.0. The predicted octanol–water partition coefficient (Wildman–Crippen LogP) is 1.58. The zero-order valence-corrected chi connectivity index (χ0v) is 19.4. The van der Waals surface area contributed by atoms with E-state index in [-0.39, 0.29) is 46.7 Å². The molecule has 34 heavy (non-hydrogen) atoms. The Kier molecular flexibility index (Phi) is 7.30. The molecule has 3 aromatic rings. The molecule has 0 fully saturated rings. The van der Waals surface area contributed by atoms with Gasteiger partial charge in [0.25, 0.3) is 16.8 Å². The molecule has 0 radical (unpaired) electrons. The Morgan fingerprint density at radius 2 is 1.68 bits per heavy atom. The number of para-hydroxylation sites is 1. The first-order valence-corrected chi connectivity index (χ1v) is 10.7. The lowest BCUT2D eigenvalue weighted by atomic mass is 10.0. The summed E-state index contributed by atoms with van der Waals surface area (Å²) >= 11 is 0. The Morgan fingerprint density at radius 3 is 2.29 bits per heavy atom. The minimum atomic E-state index is -0.791. The standard InChI is InChI=1S/C24H27N5O5/c1-13(2)17(23(33)26-12-14-8-10-25-11-9-14)28-19-18(21(31)22(19)32)27-16-7-5-6-15(20(16)30)24(34)29(3)4/h5-11,13,17,27-28,30H,12H2,1-4H3,(H,26,33)/t17-/m1/s1. The molecule has 0 aliphatic carbocycles. The van der Waals surface area contributed by atoms with Crippen molar-refractivity contribution in [2.75, 3.05) is 24.7 Å². The van der Waals surface area contributed by atoms with Gasteiger partial charge < -0.3 is 26.0 Å². The fourth-order valence-corrected chi connectivity index (χ4v) is 3.33. The zero-order chi connectivity index (χ0) is 25.0. The molecule has 4 N–H and O–H groups in total. The highest BCUT2D eigenvalue weighted by molar-refractivity contribution is 5.99. The van der Waals surface area contributed by atoms with Crippen molar-refractivity contribution in [3.05, 3.63) is 74.3 Å². The fourth-order valence-electron chi connectivity index (χ4n) is 3.33. The molecule has 2 amide bonds. The van der Waals surface area contributed by atoms with Crippen LogP contribution in [0.4, 0.5) is 17.1 Å². The maximum Gasteiger partial charge on any atom is 0.257 e. The highest BCUT2D eigenvalue weighted by atomic mass is 16.3. The molecule has 10 nitrogen and oxygen atoms in total. The van der Waals surface area contributed by atoms with Crippen molar-refractivity contribution in [2.45, 2.75) is 26.4 Å². The Labute approximate surface area is 196 Å². The molecule has 0 bridgehead atoms. The topological polar surface area (TPSA) is 141 Å². The van der Waals surface area contributed by atoms with Crippen molar-refractivity contribution in [2.24, 2.45) is 5.92 Å². The molecule has 0 unspecified atom stereocenters. The van der Waals surface area contributed by atoms with Crippen LogP contribution in [0.15, 0.2) is 52.3 Å². The van der Waals surface area contributed by atoms with Crippen LogP contribution >= 0.6 is 0 Å². The van der Waals surface area contributed by atoms with Gasteiger partial charge in [-0.2, -0.15) is 0 Å². The molecule has 3 rings (SSSR count). The number of carbonyl (C=O) groups excluding carboxylic acids is 2. The number of rotatable bonds is 9. The first-order valence-electron chi connectivity index (χ1n) is 10.7. The molecule has 0 spiro atoms. The summed E-state index contributed by atoms with van der Waals surface area (Å²) in [6.07, 6.45) is 3.25. The van der Waals surface area contributed by atoms with Crippen LogP contribution in [0.5, 0.6) is 5.75 Å². The molecule has 0 aliphatic rings. The molecule has 10 heteroatoms. The number of hydrogen-bond donors (Lipinski definition) is 4. The van der Waals surface area contributed by atoms with Gasteiger partial charge in [-0.05, 0) is 35.7 Å². The van der Waals surface area contributed by atoms with Crippen molar-refractivity contribution < 1.29 is 14.7 Å². The molecule has 2 aromatic carbocycles. The number of aromatic hydroxyl groups is 1. The van der Waals surface area contributed by atoms with E-state index >= 15 is 0 Å². The van der Waals surface area contributed by atoms with E-state index in [9.17, 15) is 24.3 Å². The number of aromatic nitrogens is 1. The van der Waals surface area contributed by atoms with Gasteiger partial charge in [-0.1, -0.05) is 19.9 Å². The molecule has 0 saturated heterocycles.